The van der Waals surface area contributed by atoms with Gasteiger partial charge in [0.25, 0.3) is 0 Å². The van der Waals surface area contributed by atoms with E-state index in [2.05, 4.69) is 34.4 Å². The van der Waals surface area contributed by atoms with Gasteiger partial charge in [-0.1, -0.05) is 13.8 Å². The van der Waals surface area contributed by atoms with Crippen molar-refractivity contribution in [1.29, 1.82) is 0 Å². The number of nitrogens with one attached hydrogen (secondary N) is 2. The first-order valence-corrected chi connectivity index (χ1v) is 9.55. The molecule has 0 bridgehead atoms. The summed E-state index contributed by atoms with van der Waals surface area (Å²) in [6.07, 6.45) is 0.932. The summed E-state index contributed by atoms with van der Waals surface area (Å²) in [6, 6.07) is 0. The zero-order valence-electron chi connectivity index (χ0n) is 16.5. The fourth-order valence-corrected chi connectivity index (χ4v) is 2.58. The Morgan fingerprint density at radius 3 is 2.68 bits per heavy atom. The number of morpholine rings is 1. The minimum absolute atomic E-state index is 0.365. The Balaban J connectivity index is 2.31. The number of hydrogen-bond donors (Lipinski definition) is 3. The van der Waals surface area contributed by atoms with Gasteiger partial charge in [0.2, 0.25) is 0 Å². The van der Waals surface area contributed by atoms with Gasteiger partial charge in [-0.05, 0) is 26.2 Å². The van der Waals surface area contributed by atoms with Gasteiger partial charge in [-0.3, -0.25) is 9.89 Å². The molecule has 7 heteroatoms. The smallest absolute Gasteiger partial charge is 0.191 e. The molecule has 0 aromatic carbocycles. The van der Waals surface area contributed by atoms with Crippen molar-refractivity contribution in [3.05, 3.63) is 0 Å². The number of hydrogen-bond acceptors (Lipinski definition) is 5. The van der Waals surface area contributed by atoms with Crippen LogP contribution in [0.5, 0.6) is 0 Å². The van der Waals surface area contributed by atoms with Crippen LogP contribution in [0, 0.1) is 5.92 Å². The van der Waals surface area contributed by atoms with Crippen molar-refractivity contribution in [2.45, 2.75) is 39.7 Å². The van der Waals surface area contributed by atoms with Gasteiger partial charge in [0, 0.05) is 45.9 Å². The van der Waals surface area contributed by atoms with Crippen molar-refractivity contribution in [3.8, 4) is 0 Å². The molecule has 1 fully saturated rings. The van der Waals surface area contributed by atoms with Gasteiger partial charge >= 0.3 is 0 Å². The van der Waals surface area contributed by atoms with Crippen LogP contribution in [-0.2, 0) is 9.47 Å². The molecule has 148 valence electrons. The number of ether oxygens (including phenoxy) is 2. The fourth-order valence-electron chi connectivity index (χ4n) is 2.58. The highest BCUT2D eigenvalue weighted by atomic mass is 16.5. The van der Waals surface area contributed by atoms with Crippen LogP contribution in [-0.4, -0.2) is 87.3 Å². The molecule has 0 amide bonds. The minimum atomic E-state index is -0.847. The van der Waals surface area contributed by atoms with Gasteiger partial charge in [-0.25, -0.2) is 0 Å². The van der Waals surface area contributed by atoms with Gasteiger partial charge in [0.1, 0.15) is 0 Å². The van der Waals surface area contributed by atoms with Crippen LogP contribution in [0.15, 0.2) is 4.99 Å². The van der Waals surface area contributed by atoms with Gasteiger partial charge in [-0.2, -0.15) is 0 Å². The van der Waals surface area contributed by atoms with Crippen LogP contribution >= 0.6 is 0 Å². The molecule has 7 nitrogen and oxygen atoms in total. The van der Waals surface area contributed by atoms with E-state index in [4.69, 9.17) is 9.47 Å². The highest BCUT2D eigenvalue weighted by Crippen LogP contribution is 2.09. The SMILES string of the molecule is CCNC(=NCC(C)(O)CN1CCOCC1)NCCCOCC(C)C. The van der Waals surface area contributed by atoms with Crippen molar-refractivity contribution in [3.63, 3.8) is 0 Å². The lowest BCUT2D eigenvalue weighted by atomic mass is 10.1. The molecular formula is C18H38N4O3. The lowest BCUT2D eigenvalue weighted by Crippen LogP contribution is -2.48. The number of nitrogens with zero attached hydrogens (tertiary/aromatic N) is 2. The summed E-state index contributed by atoms with van der Waals surface area (Å²) < 4.78 is 10.9. The fraction of sp³-hybridized carbons (Fsp3) is 0.944. The number of aliphatic hydroxyl groups is 1. The molecule has 1 aliphatic heterocycles. The first kappa shape index (κ1) is 22.2. The molecule has 1 rings (SSSR count). The lowest BCUT2D eigenvalue weighted by Gasteiger charge is -2.33. The van der Waals surface area contributed by atoms with Crippen LogP contribution in [0.1, 0.15) is 34.1 Å². The van der Waals surface area contributed by atoms with Gasteiger partial charge in [0.05, 0.1) is 25.4 Å². The monoisotopic (exact) mass is 358 g/mol. The van der Waals surface area contributed by atoms with E-state index in [9.17, 15) is 5.11 Å². The largest absolute Gasteiger partial charge is 0.387 e. The van der Waals surface area contributed by atoms with E-state index in [1.54, 1.807) is 0 Å². The quantitative estimate of drug-likeness (QED) is 0.287. The minimum Gasteiger partial charge on any atom is -0.387 e. The second-order valence-electron chi connectivity index (χ2n) is 7.33. The third-order valence-electron chi connectivity index (χ3n) is 3.80. The Labute approximate surface area is 153 Å². The number of aliphatic imine (C=N–C) groups is 1. The number of guanidine groups is 1. The van der Waals surface area contributed by atoms with E-state index in [1.807, 2.05) is 13.8 Å². The van der Waals surface area contributed by atoms with E-state index in [-0.39, 0.29) is 0 Å². The average molecular weight is 359 g/mol. The van der Waals surface area contributed by atoms with Gasteiger partial charge in [0.15, 0.2) is 5.96 Å². The molecule has 0 radical (unpaired) electrons. The summed E-state index contributed by atoms with van der Waals surface area (Å²) in [5.41, 5.74) is -0.847. The van der Waals surface area contributed by atoms with E-state index < -0.39 is 5.60 Å². The Hall–Kier alpha value is -0.890. The van der Waals surface area contributed by atoms with Gasteiger partial charge < -0.3 is 25.2 Å². The Morgan fingerprint density at radius 1 is 1.32 bits per heavy atom. The summed E-state index contributed by atoms with van der Waals surface area (Å²) in [6.45, 7) is 15.5. The third-order valence-corrected chi connectivity index (χ3v) is 3.80. The molecule has 25 heavy (non-hydrogen) atoms. The highest BCUT2D eigenvalue weighted by Gasteiger charge is 2.25. The Bertz CT molecular complexity index is 369. The molecule has 0 spiro atoms. The second-order valence-corrected chi connectivity index (χ2v) is 7.33. The van der Waals surface area contributed by atoms with Crippen molar-refractivity contribution >= 4 is 5.96 Å². The first-order valence-electron chi connectivity index (χ1n) is 9.55. The average Bonchev–Trinajstić information content (AvgIpc) is 2.56. The summed E-state index contributed by atoms with van der Waals surface area (Å²) in [5.74, 6) is 1.31. The topological polar surface area (TPSA) is 78.4 Å². The molecule has 1 atom stereocenters. The molecule has 1 aliphatic rings. The van der Waals surface area contributed by atoms with E-state index in [0.29, 0.717) is 19.0 Å². The highest BCUT2D eigenvalue weighted by molar-refractivity contribution is 5.79. The summed E-state index contributed by atoms with van der Waals surface area (Å²) in [7, 11) is 0. The summed E-state index contributed by atoms with van der Waals surface area (Å²) in [5, 5.41) is 17.1. The standard InChI is InChI=1S/C18H38N4O3/c1-5-19-17(20-7-6-10-25-13-16(2)3)21-14-18(4,23)15-22-8-11-24-12-9-22/h16,23H,5-15H2,1-4H3,(H2,19,20,21). The van der Waals surface area contributed by atoms with E-state index in [1.165, 1.54) is 0 Å². The van der Waals surface area contributed by atoms with Crippen molar-refractivity contribution in [1.82, 2.24) is 15.5 Å². The zero-order chi connectivity index (χ0) is 18.5. The summed E-state index contributed by atoms with van der Waals surface area (Å²) >= 11 is 0. The molecular weight excluding hydrogens is 320 g/mol. The molecule has 0 aromatic rings. The molecule has 1 unspecified atom stereocenters. The Morgan fingerprint density at radius 2 is 2.04 bits per heavy atom. The molecule has 1 saturated heterocycles. The van der Waals surface area contributed by atoms with Crippen LogP contribution in [0.25, 0.3) is 0 Å². The molecule has 0 aliphatic carbocycles. The molecule has 3 N–H and O–H groups in total. The molecule has 1 heterocycles. The summed E-state index contributed by atoms with van der Waals surface area (Å²) in [4.78, 5) is 6.77. The number of β-amino-alcohol motifs (C(OH)–C–C–N with tert-alkyl or cyclic N) is 1. The predicted molar refractivity (Wildman–Crippen MR) is 102 cm³/mol. The van der Waals surface area contributed by atoms with E-state index >= 15 is 0 Å². The molecule has 0 aromatic heterocycles. The Kier molecular flexibility index (Phi) is 11.0. The maximum absolute atomic E-state index is 10.6. The van der Waals surface area contributed by atoms with Crippen molar-refractivity contribution < 1.29 is 14.6 Å². The third kappa shape index (κ3) is 11.4. The van der Waals surface area contributed by atoms with Crippen molar-refractivity contribution in [2.75, 3.05) is 65.7 Å². The molecule has 0 saturated carbocycles. The predicted octanol–water partition coefficient (Wildman–Crippen LogP) is 0.687. The van der Waals surface area contributed by atoms with Crippen molar-refractivity contribution in [2.24, 2.45) is 10.9 Å². The second kappa shape index (κ2) is 12.5. The first-order chi connectivity index (χ1) is 11.9. The van der Waals surface area contributed by atoms with E-state index in [0.717, 1.165) is 65.0 Å². The lowest BCUT2D eigenvalue weighted by molar-refractivity contribution is -0.0180. The zero-order valence-corrected chi connectivity index (χ0v) is 16.5. The maximum atomic E-state index is 10.6. The van der Waals surface area contributed by atoms with Gasteiger partial charge in [-0.15, -0.1) is 0 Å². The van der Waals surface area contributed by atoms with Crippen LogP contribution in [0.4, 0.5) is 0 Å². The van der Waals surface area contributed by atoms with Crippen LogP contribution < -0.4 is 10.6 Å². The van der Waals surface area contributed by atoms with Crippen LogP contribution in [0.3, 0.4) is 0 Å². The number of rotatable bonds is 11. The van der Waals surface area contributed by atoms with Crippen LogP contribution in [0.2, 0.25) is 0 Å². The normalized spacial score (nSPS) is 19.0. The maximum Gasteiger partial charge on any atom is 0.191 e.